The quantitative estimate of drug-likeness (QED) is 0.696. The maximum Gasteiger partial charge on any atom is 0.409 e. The summed E-state index contributed by atoms with van der Waals surface area (Å²) in [6, 6.07) is 12.8. The highest BCUT2D eigenvalue weighted by Crippen LogP contribution is 2.22. The lowest BCUT2D eigenvalue weighted by Crippen LogP contribution is -2.15. The molecule has 7 nitrogen and oxygen atoms in total. The summed E-state index contributed by atoms with van der Waals surface area (Å²) in [5.74, 6) is -0.588. The normalized spacial score (nSPS) is 9.78. The van der Waals surface area contributed by atoms with E-state index in [0.29, 0.717) is 16.9 Å². The summed E-state index contributed by atoms with van der Waals surface area (Å²) < 4.78 is 0. The molecule has 4 N–H and O–H groups in total. The summed E-state index contributed by atoms with van der Waals surface area (Å²) in [6.45, 7) is 1.40. The first-order valence-electron chi connectivity index (χ1n) is 6.73. The van der Waals surface area contributed by atoms with Crippen LogP contribution in [0.25, 0.3) is 0 Å². The average molecular weight is 313 g/mol. The minimum Gasteiger partial charge on any atom is -0.465 e. The number of carbonyl (C=O) groups excluding carboxylic acids is 2. The number of carbonyl (C=O) groups is 3. The number of benzene rings is 2. The third-order valence-electron chi connectivity index (χ3n) is 2.88. The molecule has 7 heteroatoms. The zero-order valence-corrected chi connectivity index (χ0v) is 12.3. The molecule has 0 aliphatic carbocycles. The largest absolute Gasteiger partial charge is 0.465 e. The lowest BCUT2D eigenvalue weighted by molar-refractivity contribution is -0.114. The van der Waals surface area contributed by atoms with Gasteiger partial charge in [0, 0.05) is 18.2 Å². The zero-order chi connectivity index (χ0) is 16.8. The van der Waals surface area contributed by atoms with Gasteiger partial charge in [-0.1, -0.05) is 12.1 Å². The molecule has 0 radical (unpaired) electrons. The number of para-hydroxylation sites is 2. The Morgan fingerprint density at radius 1 is 0.826 bits per heavy atom. The topological polar surface area (TPSA) is 108 Å². The molecule has 0 unspecified atom stereocenters. The van der Waals surface area contributed by atoms with Gasteiger partial charge < -0.3 is 15.7 Å². The van der Waals surface area contributed by atoms with E-state index in [0.717, 1.165) is 0 Å². The Hall–Kier alpha value is -3.35. The van der Waals surface area contributed by atoms with Crippen molar-refractivity contribution in [3.8, 4) is 0 Å². The summed E-state index contributed by atoms with van der Waals surface area (Å²) in [4.78, 5) is 33.9. The van der Waals surface area contributed by atoms with Crippen LogP contribution in [0, 0.1) is 0 Å². The van der Waals surface area contributed by atoms with Crippen molar-refractivity contribution in [3.63, 3.8) is 0 Å². The van der Waals surface area contributed by atoms with E-state index in [9.17, 15) is 14.4 Å². The van der Waals surface area contributed by atoms with Gasteiger partial charge in [0.05, 0.1) is 11.4 Å². The molecule has 3 amide bonds. The second kappa shape index (κ2) is 7.08. The minimum atomic E-state index is -1.22. The molecule has 23 heavy (non-hydrogen) atoms. The van der Waals surface area contributed by atoms with Crippen molar-refractivity contribution in [2.75, 3.05) is 16.0 Å². The highest BCUT2D eigenvalue weighted by atomic mass is 16.4. The average Bonchev–Trinajstić information content (AvgIpc) is 2.49. The highest BCUT2D eigenvalue weighted by Gasteiger charge is 2.10. The van der Waals surface area contributed by atoms with E-state index in [2.05, 4.69) is 16.0 Å². The molecule has 2 aromatic carbocycles. The van der Waals surface area contributed by atoms with Gasteiger partial charge in [-0.3, -0.25) is 14.9 Å². The third-order valence-corrected chi connectivity index (χ3v) is 2.88. The Bertz CT molecular complexity index is 741. The first-order chi connectivity index (χ1) is 11.0. The van der Waals surface area contributed by atoms with E-state index in [1.807, 2.05) is 0 Å². The lowest BCUT2D eigenvalue weighted by atomic mass is 10.2. The van der Waals surface area contributed by atoms with Gasteiger partial charge >= 0.3 is 6.09 Å². The molecule has 0 bridgehead atoms. The summed E-state index contributed by atoms with van der Waals surface area (Å²) in [6.07, 6.45) is -1.22. The number of anilines is 3. The van der Waals surface area contributed by atoms with E-state index < -0.39 is 6.09 Å². The molecule has 0 aliphatic rings. The van der Waals surface area contributed by atoms with Crippen LogP contribution in [0.5, 0.6) is 0 Å². The van der Waals surface area contributed by atoms with Crippen LogP contribution in [0.3, 0.4) is 0 Å². The van der Waals surface area contributed by atoms with E-state index in [1.54, 1.807) is 48.5 Å². The van der Waals surface area contributed by atoms with Crippen LogP contribution in [0.1, 0.15) is 17.3 Å². The molecule has 2 rings (SSSR count). The molecular formula is C16H15N3O4. The fourth-order valence-corrected chi connectivity index (χ4v) is 1.92. The van der Waals surface area contributed by atoms with Crippen molar-refractivity contribution >= 4 is 35.0 Å². The SMILES string of the molecule is CC(=O)Nc1ccc(C(=O)Nc2ccccc2NC(=O)O)cc1. The van der Waals surface area contributed by atoms with Gasteiger partial charge in [-0.25, -0.2) is 4.79 Å². The molecule has 0 heterocycles. The van der Waals surface area contributed by atoms with Gasteiger partial charge in [0.1, 0.15) is 0 Å². The van der Waals surface area contributed by atoms with Gasteiger partial charge in [0.2, 0.25) is 5.91 Å². The van der Waals surface area contributed by atoms with Crippen LogP contribution in [-0.4, -0.2) is 23.0 Å². The maximum absolute atomic E-state index is 12.2. The molecule has 0 atom stereocenters. The Balaban J connectivity index is 2.13. The molecule has 118 valence electrons. The molecule has 0 saturated heterocycles. The van der Waals surface area contributed by atoms with Crippen molar-refractivity contribution in [3.05, 3.63) is 54.1 Å². The van der Waals surface area contributed by atoms with Gasteiger partial charge in [-0.05, 0) is 36.4 Å². The standard InChI is InChI=1S/C16H15N3O4/c1-10(20)17-12-8-6-11(7-9-12)15(21)18-13-4-2-3-5-14(13)19-16(22)23/h2-9,19H,1H3,(H,17,20)(H,18,21)(H,22,23). The first kappa shape index (κ1) is 16.0. The molecule has 0 spiro atoms. The number of hydrogen-bond donors (Lipinski definition) is 4. The number of nitrogens with one attached hydrogen (secondary N) is 3. The summed E-state index contributed by atoms with van der Waals surface area (Å²) in [7, 11) is 0. The number of rotatable bonds is 4. The van der Waals surface area contributed by atoms with Crippen LogP contribution in [0.15, 0.2) is 48.5 Å². The third kappa shape index (κ3) is 4.57. The second-order valence-electron chi connectivity index (χ2n) is 4.69. The van der Waals surface area contributed by atoms with Crippen LogP contribution < -0.4 is 16.0 Å². The van der Waals surface area contributed by atoms with Crippen LogP contribution in [-0.2, 0) is 4.79 Å². The first-order valence-corrected chi connectivity index (χ1v) is 6.73. The van der Waals surface area contributed by atoms with Crippen molar-refractivity contribution in [2.45, 2.75) is 6.92 Å². The van der Waals surface area contributed by atoms with Crippen LogP contribution in [0.2, 0.25) is 0 Å². The Kier molecular flexibility index (Phi) is 4.93. The van der Waals surface area contributed by atoms with Gasteiger partial charge in [-0.2, -0.15) is 0 Å². The monoisotopic (exact) mass is 313 g/mol. The van der Waals surface area contributed by atoms with Crippen molar-refractivity contribution in [2.24, 2.45) is 0 Å². The summed E-state index contributed by atoms with van der Waals surface area (Å²) >= 11 is 0. The second-order valence-corrected chi connectivity index (χ2v) is 4.69. The number of hydrogen-bond acceptors (Lipinski definition) is 3. The molecule has 0 aromatic heterocycles. The molecule has 0 aliphatic heterocycles. The van der Waals surface area contributed by atoms with E-state index in [4.69, 9.17) is 5.11 Å². The fourth-order valence-electron chi connectivity index (χ4n) is 1.92. The zero-order valence-electron chi connectivity index (χ0n) is 12.3. The fraction of sp³-hybridized carbons (Fsp3) is 0.0625. The minimum absolute atomic E-state index is 0.198. The maximum atomic E-state index is 12.2. The van der Waals surface area contributed by atoms with Crippen LogP contribution in [0.4, 0.5) is 21.9 Å². The van der Waals surface area contributed by atoms with Gasteiger partial charge in [0.15, 0.2) is 0 Å². The van der Waals surface area contributed by atoms with Crippen molar-refractivity contribution in [1.29, 1.82) is 0 Å². The highest BCUT2D eigenvalue weighted by molar-refractivity contribution is 6.07. The molecule has 0 fully saturated rings. The Labute approximate surface area is 132 Å². The van der Waals surface area contributed by atoms with E-state index >= 15 is 0 Å². The van der Waals surface area contributed by atoms with Crippen molar-refractivity contribution in [1.82, 2.24) is 0 Å². The number of amides is 3. The predicted octanol–water partition coefficient (Wildman–Crippen LogP) is 2.99. The lowest BCUT2D eigenvalue weighted by Gasteiger charge is -2.11. The smallest absolute Gasteiger partial charge is 0.409 e. The van der Waals surface area contributed by atoms with Gasteiger partial charge in [-0.15, -0.1) is 0 Å². The van der Waals surface area contributed by atoms with E-state index in [-0.39, 0.29) is 17.5 Å². The number of carboxylic acid groups (broad SMARTS) is 1. The Morgan fingerprint density at radius 3 is 1.91 bits per heavy atom. The van der Waals surface area contributed by atoms with Gasteiger partial charge in [0.25, 0.3) is 5.91 Å². The molecule has 0 saturated carbocycles. The van der Waals surface area contributed by atoms with Crippen LogP contribution >= 0.6 is 0 Å². The summed E-state index contributed by atoms with van der Waals surface area (Å²) in [5.41, 5.74) is 1.60. The van der Waals surface area contributed by atoms with Crippen molar-refractivity contribution < 1.29 is 19.5 Å². The Morgan fingerprint density at radius 2 is 1.39 bits per heavy atom. The molecular weight excluding hydrogens is 298 g/mol. The molecule has 2 aromatic rings. The van der Waals surface area contributed by atoms with E-state index in [1.165, 1.54) is 6.92 Å². The predicted molar refractivity (Wildman–Crippen MR) is 86.8 cm³/mol. The summed E-state index contributed by atoms with van der Waals surface area (Å²) in [5, 5.41) is 16.2.